The van der Waals surface area contributed by atoms with Crippen LogP contribution in [0.2, 0.25) is 0 Å². The van der Waals surface area contributed by atoms with Crippen molar-refractivity contribution in [2.24, 2.45) is 5.41 Å². The highest BCUT2D eigenvalue weighted by molar-refractivity contribution is 5.85. The summed E-state index contributed by atoms with van der Waals surface area (Å²) in [5.74, 6) is 6.52. The normalized spacial score (nSPS) is 11.3. The molecule has 25 heavy (non-hydrogen) atoms. The number of allylic oxidation sites excluding steroid dienone is 1. The third kappa shape index (κ3) is 5.22. The lowest BCUT2D eigenvalue weighted by atomic mass is 9.86. The highest BCUT2D eigenvalue weighted by Crippen LogP contribution is 2.23. The number of hydrogen-bond acceptors (Lipinski definition) is 1. The quantitative estimate of drug-likeness (QED) is 0.397. The standard InChI is InChI=1S/C23H28N2/c1-4-23(3,5-2)16-9-6-10-17-25(19-24)18-21-14-11-13-20-12-7-8-15-22(20)21/h6-8,10-15,19,24H,4-5,17-18H2,1-3H3/b10-6+,24-19?. The SMILES string of the molecule is CCC(C)(C#C/C=C/CN(C=N)Cc1cccc2ccccc12)CC. The highest BCUT2D eigenvalue weighted by atomic mass is 15.1. The van der Waals surface area contributed by atoms with Gasteiger partial charge in [-0.25, -0.2) is 0 Å². The smallest absolute Gasteiger partial charge is 0.0823 e. The van der Waals surface area contributed by atoms with E-state index < -0.39 is 0 Å². The zero-order valence-electron chi connectivity index (χ0n) is 15.5. The molecule has 0 unspecified atom stereocenters. The van der Waals surface area contributed by atoms with E-state index >= 15 is 0 Å². The molecule has 0 aromatic heterocycles. The fraction of sp³-hybridized carbons (Fsp3) is 0.348. The first-order valence-corrected chi connectivity index (χ1v) is 9.01. The zero-order valence-corrected chi connectivity index (χ0v) is 15.5. The topological polar surface area (TPSA) is 27.1 Å². The second-order valence-electron chi connectivity index (χ2n) is 6.64. The fourth-order valence-electron chi connectivity index (χ4n) is 2.70. The lowest BCUT2D eigenvalue weighted by Crippen LogP contribution is -2.21. The molecule has 2 rings (SSSR count). The maximum atomic E-state index is 7.69. The molecule has 2 aromatic carbocycles. The van der Waals surface area contributed by atoms with Crippen LogP contribution in [0.5, 0.6) is 0 Å². The second kappa shape index (κ2) is 9.08. The molecule has 0 saturated heterocycles. The average Bonchev–Trinajstić information content (AvgIpc) is 2.66. The van der Waals surface area contributed by atoms with Gasteiger partial charge in [-0.15, -0.1) is 0 Å². The minimum Gasteiger partial charge on any atom is -0.355 e. The Morgan fingerprint density at radius 2 is 1.80 bits per heavy atom. The van der Waals surface area contributed by atoms with Crippen LogP contribution in [0.4, 0.5) is 0 Å². The van der Waals surface area contributed by atoms with Gasteiger partial charge in [0.05, 0.1) is 6.34 Å². The van der Waals surface area contributed by atoms with Gasteiger partial charge in [0, 0.05) is 18.5 Å². The van der Waals surface area contributed by atoms with Gasteiger partial charge < -0.3 is 4.90 Å². The van der Waals surface area contributed by atoms with Crippen LogP contribution >= 0.6 is 0 Å². The summed E-state index contributed by atoms with van der Waals surface area (Å²) >= 11 is 0. The van der Waals surface area contributed by atoms with Gasteiger partial charge in [-0.2, -0.15) is 0 Å². The van der Waals surface area contributed by atoms with E-state index in [1.54, 1.807) is 0 Å². The first kappa shape index (κ1) is 18.8. The van der Waals surface area contributed by atoms with Gasteiger partial charge in [0.25, 0.3) is 0 Å². The fourth-order valence-corrected chi connectivity index (χ4v) is 2.70. The molecule has 0 aliphatic rings. The van der Waals surface area contributed by atoms with Crippen LogP contribution < -0.4 is 0 Å². The first-order chi connectivity index (χ1) is 12.1. The average molecular weight is 332 g/mol. The molecule has 0 heterocycles. The van der Waals surface area contributed by atoms with Crippen LogP contribution in [0.3, 0.4) is 0 Å². The molecule has 0 bridgehead atoms. The Balaban J connectivity index is 2.02. The van der Waals surface area contributed by atoms with Crippen molar-refractivity contribution in [2.75, 3.05) is 6.54 Å². The van der Waals surface area contributed by atoms with Crippen molar-refractivity contribution in [1.29, 1.82) is 5.41 Å². The molecule has 0 spiro atoms. The maximum Gasteiger partial charge on any atom is 0.0823 e. The van der Waals surface area contributed by atoms with Crippen molar-refractivity contribution in [1.82, 2.24) is 4.90 Å². The Bertz CT molecular complexity index is 783. The summed E-state index contributed by atoms with van der Waals surface area (Å²) in [5.41, 5.74) is 1.35. The van der Waals surface area contributed by atoms with E-state index in [4.69, 9.17) is 5.41 Å². The summed E-state index contributed by atoms with van der Waals surface area (Å²) in [6.45, 7) is 7.99. The van der Waals surface area contributed by atoms with E-state index in [2.05, 4.69) is 75.1 Å². The summed E-state index contributed by atoms with van der Waals surface area (Å²) in [4.78, 5) is 1.98. The van der Waals surface area contributed by atoms with Crippen LogP contribution in [0.15, 0.2) is 54.6 Å². The van der Waals surface area contributed by atoms with Crippen LogP contribution in [0.25, 0.3) is 10.8 Å². The molecular weight excluding hydrogens is 304 g/mol. The van der Waals surface area contributed by atoms with E-state index in [1.807, 2.05) is 17.1 Å². The number of rotatable bonds is 7. The van der Waals surface area contributed by atoms with Crippen molar-refractivity contribution in [3.05, 3.63) is 60.2 Å². The van der Waals surface area contributed by atoms with E-state index in [0.717, 1.165) is 19.4 Å². The molecule has 2 heteroatoms. The van der Waals surface area contributed by atoms with Gasteiger partial charge in [-0.3, -0.25) is 5.41 Å². The van der Waals surface area contributed by atoms with Crippen LogP contribution in [0.1, 0.15) is 39.2 Å². The van der Waals surface area contributed by atoms with Crippen molar-refractivity contribution in [3.63, 3.8) is 0 Å². The molecule has 2 nitrogen and oxygen atoms in total. The highest BCUT2D eigenvalue weighted by Gasteiger charge is 2.14. The lowest BCUT2D eigenvalue weighted by Gasteiger charge is -2.18. The summed E-state index contributed by atoms with van der Waals surface area (Å²) in [5, 5.41) is 10.2. The molecular formula is C23H28N2. The number of nitrogens with one attached hydrogen (secondary N) is 1. The Morgan fingerprint density at radius 3 is 2.52 bits per heavy atom. The van der Waals surface area contributed by atoms with Gasteiger partial charge in [-0.1, -0.05) is 74.2 Å². The zero-order chi connectivity index (χ0) is 18.1. The Hall–Kier alpha value is -2.53. The predicted molar refractivity (Wildman–Crippen MR) is 109 cm³/mol. The largest absolute Gasteiger partial charge is 0.355 e. The van der Waals surface area contributed by atoms with Gasteiger partial charge in [0.2, 0.25) is 0 Å². The van der Waals surface area contributed by atoms with E-state index in [0.29, 0.717) is 6.54 Å². The molecule has 0 aliphatic carbocycles. The Labute approximate surface area is 152 Å². The predicted octanol–water partition coefficient (Wildman–Crippen LogP) is 5.63. The van der Waals surface area contributed by atoms with Crippen molar-refractivity contribution in [3.8, 4) is 11.8 Å². The van der Waals surface area contributed by atoms with E-state index in [-0.39, 0.29) is 5.41 Å². The monoisotopic (exact) mass is 332 g/mol. The van der Waals surface area contributed by atoms with Crippen LogP contribution in [0, 0.1) is 22.7 Å². The number of hydrogen-bond donors (Lipinski definition) is 1. The Morgan fingerprint density at radius 1 is 1.08 bits per heavy atom. The van der Waals surface area contributed by atoms with Crippen LogP contribution in [-0.4, -0.2) is 17.8 Å². The summed E-state index contributed by atoms with van der Waals surface area (Å²) in [6, 6.07) is 14.7. The molecule has 130 valence electrons. The minimum atomic E-state index is 0.106. The molecule has 0 saturated carbocycles. The summed E-state index contributed by atoms with van der Waals surface area (Å²) in [6.07, 6.45) is 7.50. The molecule has 0 radical (unpaired) electrons. The maximum absolute atomic E-state index is 7.69. The molecule has 2 aromatic rings. The van der Waals surface area contributed by atoms with E-state index in [9.17, 15) is 0 Å². The first-order valence-electron chi connectivity index (χ1n) is 9.01. The summed E-state index contributed by atoms with van der Waals surface area (Å²) < 4.78 is 0. The van der Waals surface area contributed by atoms with Gasteiger partial charge in [-0.05, 0) is 42.2 Å². The van der Waals surface area contributed by atoms with Gasteiger partial charge >= 0.3 is 0 Å². The van der Waals surface area contributed by atoms with Crippen molar-refractivity contribution < 1.29 is 0 Å². The third-order valence-electron chi connectivity index (χ3n) is 4.91. The lowest BCUT2D eigenvalue weighted by molar-refractivity contribution is 0.416. The number of nitrogens with zero attached hydrogens (tertiary/aromatic N) is 1. The van der Waals surface area contributed by atoms with Gasteiger partial charge in [0.15, 0.2) is 0 Å². The second-order valence-corrected chi connectivity index (χ2v) is 6.64. The summed E-state index contributed by atoms with van der Waals surface area (Å²) in [7, 11) is 0. The third-order valence-corrected chi connectivity index (χ3v) is 4.91. The minimum absolute atomic E-state index is 0.106. The van der Waals surface area contributed by atoms with E-state index in [1.165, 1.54) is 22.7 Å². The molecule has 0 amide bonds. The molecule has 0 aliphatic heterocycles. The van der Waals surface area contributed by atoms with Crippen LogP contribution in [-0.2, 0) is 6.54 Å². The molecule has 0 atom stereocenters. The molecule has 1 N–H and O–H groups in total. The number of fused-ring (bicyclic) bond motifs is 1. The van der Waals surface area contributed by atoms with Crippen molar-refractivity contribution >= 4 is 17.1 Å². The van der Waals surface area contributed by atoms with Crippen molar-refractivity contribution in [2.45, 2.75) is 40.2 Å². The Kier molecular flexibility index (Phi) is 6.83. The molecule has 0 fully saturated rings. The van der Waals surface area contributed by atoms with Gasteiger partial charge in [0.1, 0.15) is 0 Å². The number of benzene rings is 2.